The van der Waals surface area contributed by atoms with Gasteiger partial charge in [0.2, 0.25) is 11.8 Å². The van der Waals surface area contributed by atoms with Gasteiger partial charge in [-0.1, -0.05) is 6.07 Å². The summed E-state index contributed by atoms with van der Waals surface area (Å²) in [6, 6.07) is 5.89. The molecule has 1 aromatic rings. The Labute approximate surface area is 178 Å². The van der Waals surface area contributed by atoms with E-state index < -0.39 is 5.41 Å². The van der Waals surface area contributed by atoms with Gasteiger partial charge < -0.3 is 19.7 Å². The molecule has 0 spiro atoms. The molecule has 1 aromatic carbocycles. The first kappa shape index (κ1) is 23.3. The minimum atomic E-state index is -0.576. The van der Waals surface area contributed by atoms with E-state index in [4.69, 9.17) is 21.1 Å². The predicted octanol–water partition coefficient (Wildman–Crippen LogP) is 3.40. The molecule has 0 atom stereocenters. The van der Waals surface area contributed by atoms with Gasteiger partial charge in [-0.05, 0) is 57.7 Å². The van der Waals surface area contributed by atoms with Crippen molar-refractivity contribution in [1.82, 2.24) is 10.2 Å². The number of hydrogen-bond donors (Lipinski definition) is 1. The van der Waals surface area contributed by atoms with Gasteiger partial charge in [0.05, 0.1) is 19.1 Å². The van der Waals surface area contributed by atoms with Gasteiger partial charge >= 0.3 is 0 Å². The molecule has 1 N–H and O–H groups in total. The molecule has 2 amide bonds. The lowest BCUT2D eigenvalue weighted by Crippen LogP contribution is -2.49. The van der Waals surface area contributed by atoms with Gasteiger partial charge in [-0.25, -0.2) is 0 Å². The van der Waals surface area contributed by atoms with E-state index in [2.05, 4.69) is 5.32 Å². The molecule has 0 unspecified atom stereocenters. The number of benzene rings is 1. The van der Waals surface area contributed by atoms with E-state index in [1.807, 2.05) is 43.9 Å². The summed E-state index contributed by atoms with van der Waals surface area (Å²) in [6.07, 6.45) is 2.65. The van der Waals surface area contributed by atoms with E-state index in [9.17, 15) is 9.59 Å². The lowest BCUT2D eigenvalue weighted by atomic mass is 9.93. The van der Waals surface area contributed by atoms with Gasteiger partial charge in [0.1, 0.15) is 0 Å². The van der Waals surface area contributed by atoms with Crippen LogP contribution in [0, 0.1) is 5.41 Å². The number of aryl methyl sites for hydroxylation is 1. The van der Waals surface area contributed by atoms with Crippen LogP contribution in [0.15, 0.2) is 18.2 Å². The average Bonchev–Trinajstić information content (AvgIpc) is 2.73. The van der Waals surface area contributed by atoms with Gasteiger partial charge in [-0.3, -0.25) is 9.59 Å². The fourth-order valence-corrected chi connectivity index (χ4v) is 3.39. The van der Waals surface area contributed by atoms with E-state index in [-0.39, 0.29) is 23.7 Å². The second-order valence-corrected chi connectivity index (χ2v) is 8.33. The number of rotatable bonds is 9. The predicted molar refractivity (Wildman–Crippen MR) is 115 cm³/mol. The molecule has 0 radical (unpaired) electrons. The molecule has 1 heterocycles. The molecular formula is C22H33ClN2O4. The molecule has 6 nitrogen and oxygen atoms in total. The number of alkyl halides is 1. The van der Waals surface area contributed by atoms with Crippen molar-refractivity contribution in [3.63, 3.8) is 0 Å². The zero-order chi connectivity index (χ0) is 21.4. The van der Waals surface area contributed by atoms with Gasteiger partial charge in [0.25, 0.3) is 0 Å². The Bertz CT molecular complexity index is 700. The summed E-state index contributed by atoms with van der Waals surface area (Å²) in [6.45, 7) is 7.51. The number of carbonyl (C=O) groups excluding carboxylic acids is 2. The molecule has 1 saturated heterocycles. The zero-order valence-electron chi connectivity index (χ0n) is 17.9. The molecule has 162 valence electrons. The lowest BCUT2D eigenvalue weighted by molar-refractivity contribution is -0.132. The Morgan fingerprint density at radius 3 is 2.52 bits per heavy atom. The summed E-state index contributed by atoms with van der Waals surface area (Å²) >= 11 is 5.87. The number of hydrogen-bond acceptors (Lipinski definition) is 4. The highest BCUT2D eigenvalue weighted by Crippen LogP contribution is 2.28. The zero-order valence-corrected chi connectivity index (χ0v) is 18.7. The monoisotopic (exact) mass is 424 g/mol. The Hall–Kier alpha value is -1.95. The number of nitrogens with zero attached hydrogens (tertiary/aromatic N) is 1. The van der Waals surface area contributed by atoms with Crippen molar-refractivity contribution in [3.8, 4) is 11.5 Å². The van der Waals surface area contributed by atoms with Crippen LogP contribution >= 0.6 is 11.6 Å². The SMILES string of the molecule is CCOc1ccc(CCC(=O)N2CCC(NC(=O)C(C)(C)CCl)CC2)cc1OC. The first-order valence-electron chi connectivity index (χ1n) is 10.2. The summed E-state index contributed by atoms with van der Waals surface area (Å²) in [5.41, 5.74) is 0.469. The third-order valence-electron chi connectivity index (χ3n) is 5.29. The van der Waals surface area contributed by atoms with Crippen LogP contribution in [0.2, 0.25) is 0 Å². The molecule has 29 heavy (non-hydrogen) atoms. The number of piperidine rings is 1. The maximum Gasteiger partial charge on any atom is 0.227 e. The first-order chi connectivity index (χ1) is 13.8. The Balaban J connectivity index is 1.81. The highest BCUT2D eigenvalue weighted by atomic mass is 35.5. The molecule has 0 aliphatic carbocycles. The maximum absolute atomic E-state index is 12.6. The van der Waals surface area contributed by atoms with Gasteiger partial charge in [-0.15, -0.1) is 11.6 Å². The summed E-state index contributed by atoms with van der Waals surface area (Å²) in [5.74, 6) is 1.80. The second-order valence-electron chi connectivity index (χ2n) is 8.06. The molecular weight excluding hydrogens is 392 g/mol. The fraction of sp³-hybridized carbons (Fsp3) is 0.636. The molecule has 7 heteroatoms. The summed E-state index contributed by atoms with van der Waals surface area (Å²) in [4.78, 5) is 26.7. The van der Waals surface area contributed by atoms with Crippen LogP contribution < -0.4 is 14.8 Å². The van der Waals surface area contributed by atoms with E-state index >= 15 is 0 Å². The average molecular weight is 425 g/mol. The van der Waals surface area contributed by atoms with Crippen molar-refractivity contribution in [3.05, 3.63) is 23.8 Å². The van der Waals surface area contributed by atoms with Crippen LogP contribution in [-0.4, -0.2) is 55.4 Å². The van der Waals surface area contributed by atoms with Crippen molar-refractivity contribution in [1.29, 1.82) is 0 Å². The highest BCUT2D eigenvalue weighted by Gasteiger charge is 2.30. The number of ether oxygens (including phenoxy) is 2. The van der Waals surface area contributed by atoms with Crippen LogP contribution in [0.5, 0.6) is 11.5 Å². The number of carbonyl (C=O) groups is 2. The van der Waals surface area contributed by atoms with E-state index in [0.717, 1.165) is 18.4 Å². The van der Waals surface area contributed by atoms with Crippen molar-refractivity contribution in [2.75, 3.05) is 32.7 Å². The number of amides is 2. The van der Waals surface area contributed by atoms with Crippen LogP contribution in [-0.2, 0) is 16.0 Å². The van der Waals surface area contributed by atoms with Crippen molar-refractivity contribution in [2.45, 2.75) is 52.5 Å². The minimum absolute atomic E-state index is 0.0262. The van der Waals surface area contributed by atoms with Crippen LogP contribution in [0.3, 0.4) is 0 Å². The molecule has 0 aromatic heterocycles. The third-order valence-corrected chi connectivity index (χ3v) is 5.96. The molecule has 1 aliphatic rings. The second kappa shape index (κ2) is 10.7. The van der Waals surface area contributed by atoms with Gasteiger partial charge in [0, 0.05) is 31.4 Å². The Morgan fingerprint density at radius 2 is 1.93 bits per heavy atom. The molecule has 0 bridgehead atoms. The number of halogens is 1. The summed E-state index contributed by atoms with van der Waals surface area (Å²) in [5, 5.41) is 3.07. The van der Waals surface area contributed by atoms with Crippen molar-refractivity contribution >= 4 is 23.4 Å². The summed E-state index contributed by atoms with van der Waals surface area (Å²) in [7, 11) is 1.62. The minimum Gasteiger partial charge on any atom is -0.493 e. The van der Waals surface area contributed by atoms with Crippen LogP contribution in [0.25, 0.3) is 0 Å². The number of methoxy groups -OCH3 is 1. The number of likely N-dealkylation sites (tertiary alicyclic amines) is 1. The fourth-order valence-electron chi connectivity index (χ4n) is 3.27. The molecule has 1 fully saturated rings. The molecule has 1 aliphatic heterocycles. The third kappa shape index (κ3) is 6.53. The molecule has 2 rings (SSSR count). The highest BCUT2D eigenvalue weighted by molar-refractivity contribution is 6.19. The standard InChI is InChI=1S/C22H33ClN2O4/c1-5-29-18-8-6-16(14-19(18)28-4)7-9-20(26)25-12-10-17(11-13-25)24-21(27)22(2,3)15-23/h6,8,14,17H,5,7,9-13,15H2,1-4H3,(H,24,27). The quantitative estimate of drug-likeness (QED) is 0.617. The summed E-state index contributed by atoms with van der Waals surface area (Å²) < 4.78 is 10.9. The molecule has 0 saturated carbocycles. The lowest BCUT2D eigenvalue weighted by Gasteiger charge is -2.34. The Morgan fingerprint density at radius 1 is 1.24 bits per heavy atom. The van der Waals surface area contributed by atoms with E-state index in [1.54, 1.807) is 7.11 Å². The first-order valence-corrected chi connectivity index (χ1v) is 10.8. The van der Waals surface area contributed by atoms with Crippen LogP contribution in [0.1, 0.15) is 45.6 Å². The van der Waals surface area contributed by atoms with E-state index in [0.29, 0.717) is 44.0 Å². The van der Waals surface area contributed by atoms with E-state index in [1.165, 1.54) is 0 Å². The topological polar surface area (TPSA) is 67.9 Å². The van der Waals surface area contributed by atoms with Crippen LogP contribution in [0.4, 0.5) is 0 Å². The smallest absolute Gasteiger partial charge is 0.227 e. The normalized spacial score (nSPS) is 15.1. The van der Waals surface area contributed by atoms with Crippen molar-refractivity contribution in [2.24, 2.45) is 5.41 Å². The largest absolute Gasteiger partial charge is 0.493 e. The van der Waals surface area contributed by atoms with Crippen molar-refractivity contribution < 1.29 is 19.1 Å². The maximum atomic E-state index is 12.6. The Kier molecular flexibility index (Phi) is 8.62. The van der Waals surface area contributed by atoms with Gasteiger partial charge in [0.15, 0.2) is 11.5 Å². The van der Waals surface area contributed by atoms with Gasteiger partial charge in [-0.2, -0.15) is 0 Å². The number of nitrogens with one attached hydrogen (secondary N) is 1.